The molecule has 1 amide bonds. The van der Waals surface area contributed by atoms with Crippen molar-refractivity contribution in [1.82, 2.24) is 5.43 Å². The number of halogens is 1. The number of carbonyl (C=O) groups excluding carboxylic acids is 1. The maximum absolute atomic E-state index is 12.1. The molecule has 0 saturated heterocycles. The molecule has 0 bridgehead atoms. The highest BCUT2D eigenvalue weighted by Crippen LogP contribution is 2.27. The van der Waals surface area contributed by atoms with Crippen LogP contribution >= 0.6 is 11.6 Å². The normalized spacial score (nSPS) is 10.8. The smallest absolute Gasteiger partial charge is 0.337 e. The first-order valence-corrected chi connectivity index (χ1v) is 8.60. The largest absolute Gasteiger partial charge is 0.507 e. The third-order valence-electron chi connectivity index (χ3n) is 3.92. The lowest BCUT2D eigenvalue weighted by Gasteiger charge is -2.05. The molecule has 3 aromatic rings. The van der Waals surface area contributed by atoms with Gasteiger partial charge in [0.15, 0.2) is 0 Å². The van der Waals surface area contributed by atoms with Crippen LogP contribution in [-0.2, 0) is 0 Å². The fraction of sp³-hybridized carbons (Fsp3) is 0.0500. The van der Waals surface area contributed by atoms with E-state index >= 15 is 0 Å². The minimum Gasteiger partial charge on any atom is -0.507 e. The summed E-state index contributed by atoms with van der Waals surface area (Å²) in [5, 5.41) is 22.9. The summed E-state index contributed by atoms with van der Waals surface area (Å²) in [6, 6.07) is 12.0. The van der Waals surface area contributed by atoms with Crippen LogP contribution in [0.25, 0.3) is 11.3 Å². The van der Waals surface area contributed by atoms with E-state index in [1.165, 1.54) is 43.7 Å². The standard InChI is InChI=1S/C20H15ClN2O6/c1-28-12-3-5-14(17(24)9-12)19(25)23-22-10-13-4-7-18(29-13)11-2-6-16(21)15(8-11)20(26)27/h2-10,24H,1H3,(H,23,25)(H,26,27)/b22-10-. The average molecular weight is 415 g/mol. The van der Waals surface area contributed by atoms with Crippen molar-refractivity contribution in [3.8, 4) is 22.8 Å². The molecule has 0 fully saturated rings. The van der Waals surface area contributed by atoms with E-state index in [0.29, 0.717) is 22.8 Å². The van der Waals surface area contributed by atoms with Crippen LogP contribution in [0.1, 0.15) is 26.5 Å². The quantitative estimate of drug-likeness (QED) is 0.417. The van der Waals surface area contributed by atoms with Gasteiger partial charge in [-0.15, -0.1) is 0 Å². The van der Waals surface area contributed by atoms with Gasteiger partial charge >= 0.3 is 5.97 Å². The molecule has 0 aliphatic heterocycles. The van der Waals surface area contributed by atoms with Crippen LogP contribution in [0.4, 0.5) is 0 Å². The Morgan fingerprint density at radius 3 is 2.62 bits per heavy atom. The number of phenols is 1. The summed E-state index contributed by atoms with van der Waals surface area (Å²) in [6.07, 6.45) is 1.27. The molecule has 8 nitrogen and oxygen atoms in total. The molecule has 0 atom stereocenters. The Morgan fingerprint density at radius 2 is 1.93 bits per heavy atom. The number of carbonyl (C=O) groups is 2. The number of phenolic OH excluding ortho intramolecular Hbond substituents is 1. The summed E-state index contributed by atoms with van der Waals surface area (Å²) in [5.74, 6) is -0.851. The molecule has 0 spiro atoms. The van der Waals surface area contributed by atoms with Crippen molar-refractivity contribution >= 4 is 29.7 Å². The molecule has 1 aromatic heterocycles. The van der Waals surface area contributed by atoms with Gasteiger partial charge in [-0.3, -0.25) is 4.79 Å². The van der Waals surface area contributed by atoms with E-state index in [2.05, 4.69) is 10.5 Å². The molecule has 9 heteroatoms. The lowest BCUT2D eigenvalue weighted by Crippen LogP contribution is -2.17. The average Bonchev–Trinajstić information content (AvgIpc) is 3.16. The van der Waals surface area contributed by atoms with Gasteiger partial charge in [0, 0.05) is 11.6 Å². The number of amides is 1. The Labute approximate surface area is 170 Å². The third-order valence-corrected chi connectivity index (χ3v) is 4.25. The summed E-state index contributed by atoms with van der Waals surface area (Å²) in [6.45, 7) is 0. The molecule has 0 unspecified atom stereocenters. The molecule has 3 N–H and O–H groups in total. The minimum atomic E-state index is -1.14. The van der Waals surface area contributed by atoms with Gasteiger partial charge in [0.2, 0.25) is 0 Å². The minimum absolute atomic E-state index is 0.0328. The highest BCUT2D eigenvalue weighted by Gasteiger charge is 2.13. The number of aromatic hydroxyl groups is 1. The first-order valence-electron chi connectivity index (χ1n) is 8.22. The second kappa shape index (κ2) is 8.49. The van der Waals surface area contributed by atoms with Crippen LogP contribution in [-0.4, -0.2) is 35.4 Å². The second-order valence-electron chi connectivity index (χ2n) is 5.78. The van der Waals surface area contributed by atoms with Gasteiger partial charge in [0.1, 0.15) is 23.0 Å². The topological polar surface area (TPSA) is 121 Å². The van der Waals surface area contributed by atoms with E-state index in [9.17, 15) is 14.7 Å². The molecule has 0 aliphatic carbocycles. The number of carboxylic acids is 1. The molecule has 0 aliphatic rings. The maximum Gasteiger partial charge on any atom is 0.337 e. The highest BCUT2D eigenvalue weighted by atomic mass is 35.5. The van der Waals surface area contributed by atoms with Crippen molar-refractivity contribution in [2.45, 2.75) is 0 Å². The number of ether oxygens (including phenoxy) is 1. The molecule has 1 heterocycles. The molecule has 0 radical (unpaired) electrons. The Balaban J connectivity index is 1.70. The van der Waals surface area contributed by atoms with Gasteiger partial charge in [-0.25, -0.2) is 10.2 Å². The zero-order chi connectivity index (χ0) is 21.0. The number of furan rings is 1. The lowest BCUT2D eigenvalue weighted by molar-refractivity contribution is 0.0696. The summed E-state index contributed by atoms with van der Waals surface area (Å²) >= 11 is 5.86. The monoisotopic (exact) mass is 414 g/mol. The number of rotatable bonds is 6. The van der Waals surface area contributed by atoms with E-state index in [1.807, 2.05) is 0 Å². The van der Waals surface area contributed by atoms with Crippen LogP contribution in [0.3, 0.4) is 0 Å². The molecule has 0 saturated carbocycles. The van der Waals surface area contributed by atoms with Gasteiger partial charge in [0.25, 0.3) is 5.91 Å². The van der Waals surface area contributed by atoms with Crippen LogP contribution in [0.5, 0.6) is 11.5 Å². The van der Waals surface area contributed by atoms with Crippen LogP contribution < -0.4 is 10.2 Å². The number of benzene rings is 2. The molecule has 3 rings (SSSR count). The van der Waals surface area contributed by atoms with Crippen LogP contribution in [0.2, 0.25) is 5.02 Å². The number of carboxylic acid groups (broad SMARTS) is 1. The molecule has 148 valence electrons. The maximum atomic E-state index is 12.1. The Morgan fingerprint density at radius 1 is 1.14 bits per heavy atom. The molecule has 29 heavy (non-hydrogen) atoms. The first-order chi connectivity index (χ1) is 13.9. The summed E-state index contributed by atoms with van der Waals surface area (Å²) in [4.78, 5) is 23.3. The van der Waals surface area contributed by atoms with Crippen LogP contribution in [0.15, 0.2) is 58.0 Å². The molecule has 2 aromatic carbocycles. The molecular formula is C20H15ClN2O6. The SMILES string of the molecule is COc1ccc(C(=O)N/N=C\c2ccc(-c3ccc(Cl)c(C(=O)O)c3)o2)c(O)c1. The summed E-state index contributed by atoms with van der Waals surface area (Å²) in [7, 11) is 1.45. The number of hydrazone groups is 1. The lowest BCUT2D eigenvalue weighted by atomic mass is 10.1. The number of methoxy groups -OCH3 is 1. The summed E-state index contributed by atoms with van der Waals surface area (Å²) < 4.78 is 10.5. The predicted molar refractivity (Wildman–Crippen MR) is 106 cm³/mol. The van der Waals surface area contributed by atoms with Crippen molar-refractivity contribution in [3.05, 3.63) is 70.4 Å². The fourth-order valence-electron chi connectivity index (χ4n) is 2.46. The van der Waals surface area contributed by atoms with Gasteiger partial charge in [0.05, 0.1) is 29.5 Å². The van der Waals surface area contributed by atoms with Crippen LogP contribution in [0, 0.1) is 0 Å². The van der Waals surface area contributed by atoms with E-state index in [-0.39, 0.29) is 21.9 Å². The van der Waals surface area contributed by atoms with Gasteiger partial charge in [-0.1, -0.05) is 11.6 Å². The predicted octanol–water partition coefficient (Wildman–Crippen LogP) is 3.78. The number of nitrogens with zero attached hydrogens (tertiary/aromatic N) is 1. The van der Waals surface area contributed by atoms with Crippen molar-refractivity contribution in [2.75, 3.05) is 7.11 Å². The highest BCUT2D eigenvalue weighted by molar-refractivity contribution is 6.33. The molecular weight excluding hydrogens is 400 g/mol. The number of hydrogen-bond acceptors (Lipinski definition) is 6. The van der Waals surface area contributed by atoms with Gasteiger partial charge in [-0.2, -0.15) is 5.10 Å². The van der Waals surface area contributed by atoms with Gasteiger partial charge in [-0.05, 0) is 42.5 Å². The van der Waals surface area contributed by atoms with E-state index < -0.39 is 11.9 Å². The van der Waals surface area contributed by atoms with Crippen molar-refractivity contribution in [1.29, 1.82) is 0 Å². The van der Waals surface area contributed by atoms with Crippen molar-refractivity contribution < 1.29 is 29.0 Å². The third kappa shape index (κ3) is 4.56. The van der Waals surface area contributed by atoms with E-state index in [1.54, 1.807) is 18.2 Å². The number of aromatic carboxylic acids is 1. The van der Waals surface area contributed by atoms with Gasteiger partial charge < -0.3 is 19.4 Å². The zero-order valence-electron chi connectivity index (χ0n) is 15.0. The Kier molecular flexibility index (Phi) is 5.85. The summed E-state index contributed by atoms with van der Waals surface area (Å²) in [5.41, 5.74) is 2.80. The second-order valence-corrected chi connectivity index (χ2v) is 6.19. The Hall–Kier alpha value is -3.78. The Bertz CT molecular complexity index is 1110. The van der Waals surface area contributed by atoms with E-state index in [4.69, 9.17) is 25.9 Å². The van der Waals surface area contributed by atoms with E-state index in [0.717, 1.165) is 0 Å². The zero-order valence-corrected chi connectivity index (χ0v) is 15.8. The fourth-order valence-corrected chi connectivity index (χ4v) is 2.66. The number of hydrogen-bond donors (Lipinski definition) is 3. The number of nitrogens with one attached hydrogen (secondary N) is 1. The van der Waals surface area contributed by atoms with Crippen molar-refractivity contribution in [2.24, 2.45) is 5.10 Å². The van der Waals surface area contributed by atoms with Crippen molar-refractivity contribution in [3.63, 3.8) is 0 Å². The first kappa shape index (κ1) is 20.0.